The fraction of sp³-hybridized carbons (Fsp3) is 0.571. The van der Waals surface area contributed by atoms with Crippen LogP contribution in [0.5, 0.6) is 0 Å². The third kappa shape index (κ3) is 5.41. The third-order valence-corrected chi connectivity index (χ3v) is 5.22. The Hall–Kier alpha value is -1.65. The highest BCUT2D eigenvalue weighted by molar-refractivity contribution is 5.14. The minimum Gasteiger partial charge on any atom is -0.345 e. The molecule has 1 fully saturated rings. The van der Waals surface area contributed by atoms with Crippen molar-refractivity contribution in [1.82, 2.24) is 19.8 Å². The number of H-pyrrole nitrogens is 1. The van der Waals surface area contributed by atoms with E-state index in [1.54, 1.807) is 0 Å². The number of benzene rings is 1. The molecule has 2 heterocycles. The number of hydrogen-bond acceptors (Lipinski definition) is 3. The molecule has 1 N–H and O–H groups in total. The van der Waals surface area contributed by atoms with Crippen molar-refractivity contribution in [2.45, 2.75) is 58.2 Å². The van der Waals surface area contributed by atoms with Gasteiger partial charge in [0.1, 0.15) is 5.82 Å². The average Bonchev–Trinajstić information content (AvgIpc) is 3.08. The van der Waals surface area contributed by atoms with Gasteiger partial charge in [0, 0.05) is 44.0 Å². The normalized spacial score (nSPS) is 18.8. The first kappa shape index (κ1) is 18.2. The van der Waals surface area contributed by atoms with Crippen LogP contribution in [0.15, 0.2) is 36.5 Å². The fourth-order valence-corrected chi connectivity index (χ4v) is 3.73. The van der Waals surface area contributed by atoms with Crippen molar-refractivity contribution < 1.29 is 0 Å². The number of likely N-dealkylation sites (N-methyl/N-ethyl adjacent to an activating group) is 1. The number of imidazole rings is 1. The molecule has 4 nitrogen and oxygen atoms in total. The lowest BCUT2D eigenvalue weighted by Gasteiger charge is -2.37. The summed E-state index contributed by atoms with van der Waals surface area (Å²) in [4.78, 5) is 13.1. The zero-order valence-electron chi connectivity index (χ0n) is 15.7. The maximum atomic E-state index is 4.54. The summed E-state index contributed by atoms with van der Waals surface area (Å²) in [5, 5.41) is 0. The zero-order valence-corrected chi connectivity index (χ0v) is 15.7. The molecule has 1 aromatic carbocycles. The highest BCUT2D eigenvalue weighted by atomic mass is 15.2. The fourth-order valence-electron chi connectivity index (χ4n) is 3.73. The van der Waals surface area contributed by atoms with Gasteiger partial charge in [0.25, 0.3) is 0 Å². The minimum absolute atomic E-state index is 0.636. The van der Waals surface area contributed by atoms with E-state index in [4.69, 9.17) is 0 Å². The summed E-state index contributed by atoms with van der Waals surface area (Å²) in [6.45, 7) is 6.59. The first-order valence-electron chi connectivity index (χ1n) is 9.74. The van der Waals surface area contributed by atoms with Crippen LogP contribution in [0.3, 0.4) is 0 Å². The minimum atomic E-state index is 0.636. The molecule has 0 saturated carbocycles. The van der Waals surface area contributed by atoms with Crippen LogP contribution in [0, 0.1) is 0 Å². The predicted molar refractivity (Wildman–Crippen MR) is 103 cm³/mol. The van der Waals surface area contributed by atoms with Gasteiger partial charge in [-0.3, -0.25) is 9.80 Å². The van der Waals surface area contributed by atoms with Crippen LogP contribution in [0.2, 0.25) is 0 Å². The van der Waals surface area contributed by atoms with Gasteiger partial charge in [-0.1, -0.05) is 43.7 Å². The van der Waals surface area contributed by atoms with E-state index in [0.29, 0.717) is 6.04 Å². The second kappa shape index (κ2) is 9.16. The van der Waals surface area contributed by atoms with Crippen LogP contribution < -0.4 is 0 Å². The van der Waals surface area contributed by atoms with Crippen molar-refractivity contribution in [3.8, 4) is 0 Å². The van der Waals surface area contributed by atoms with Crippen LogP contribution in [-0.2, 0) is 19.5 Å². The van der Waals surface area contributed by atoms with E-state index < -0.39 is 0 Å². The number of nitrogens with one attached hydrogen (secondary N) is 1. The number of unbranched alkanes of at least 4 members (excludes halogenated alkanes) is 1. The molecule has 3 rings (SSSR count). The lowest BCUT2D eigenvalue weighted by atomic mass is 10.0. The lowest BCUT2D eigenvalue weighted by Crippen LogP contribution is -2.45. The third-order valence-electron chi connectivity index (χ3n) is 5.22. The summed E-state index contributed by atoms with van der Waals surface area (Å²) in [5.41, 5.74) is 2.66. The molecule has 1 aliphatic rings. The molecule has 0 amide bonds. The Morgan fingerprint density at radius 3 is 2.92 bits per heavy atom. The van der Waals surface area contributed by atoms with Gasteiger partial charge < -0.3 is 4.98 Å². The molecule has 1 saturated heterocycles. The Morgan fingerprint density at radius 2 is 2.12 bits per heavy atom. The summed E-state index contributed by atoms with van der Waals surface area (Å²) in [5.74, 6) is 1.15. The second-order valence-corrected chi connectivity index (χ2v) is 7.39. The van der Waals surface area contributed by atoms with Gasteiger partial charge in [-0.05, 0) is 38.4 Å². The van der Waals surface area contributed by atoms with Gasteiger partial charge in [-0.15, -0.1) is 0 Å². The first-order chi connectivity index (χ1) is 12.2. The van der Waals surface area contributed by atoms with Crippen molar-refractivity contribution in [2.24, 2.45) is 0 Å². The van der Waals surface area contributed by atoms with E-state index in [1.807, 2.05) is 6.20 Å². The van der Waals surface area contributed by atoms with Crippen molar-refractivity contribution in [2.75, 3.05) is 20.1 Å². The highest BCUT2D eigenvalue weighted by Crippen LogP contribution is 2.18. The van der Waals surface area contributed by atoms with Crippen LogP contribution in [0.4, 0.5) is 0 Å². The summed E-state index contributed by atoms with van der Waals surface area (Å²) in [6, 6.07) is 11.4. The van der Waals surface area contributed by atoms with Gasteiger partial charge in [0.15, 0.2) is 0 Å². The van der Waals surface area contributed by atoms with Gasteiger partial charge >= 0.3 is 0 Å². The number of rotatable bonds is 8. The molecule has 0 unspecified atom stereocenters. The van der Waals surface area contributed by atoms with E-state index >= 15 is 0 Å². The number of nitrogens with zero attached hydrogens (tertiary/aromatic N) is 3. The standard InChI is InChI=1S/C21H32N4/c1-3-4-12-21-22-14-19(23-21)16-25-13-8-11-20(17-25)24(2)15-18-9-6-5-7-10-18/h5-7,9-10,14,20H,3-4,8,11-13,15-17H2,1-2H3,(H,22,23)/t20-/m1/s1. The Balaban J connectivity index is 1.51. The van der Waals surface area contributed by atoms with Crippen LogP contribution >= 0.6 is 0 Å². The van der Waals surface area contributed by atoms with Crippen molar-refractivity contribution >= 4 is 0 Å². The van der Waals surface area contributed by atoms with Crippen LogP contribution in [-0.4, -0.2) is 45.9 Å². The van der Waals surface area contributed by atoms with Crippen molar-refractivity contribution in [3.05, 3.63) is 53.6 Å². The first-order valence-corrected chi connectivity index (χ1v) is 9.74. The number of aryl methyl sites for hydroxylation is 1. The molecule has 0 spiro atoms. The number of aromatic amines is 1. The van der Waals surface area contributed by atoms with E-state index in [2.05, 4.69) is 64.1 Å². The SMILES string of the molecule is CCCCc1ncc(CN2CCC[C@@H](N(C)Cc3ccccc3)C2)[nH]1. The predicted octanol–water partition coefficient (Wildman–Crippen LogP) is 3.85. The smallest absolute Gasteiger partial charge is 0.106 e. The largest absolute Gasteiger partial charge is 0.345 e. The number of piperidine rings is 1. The molecule has 0 aliphatic carbocycles. The zero-order chi connectivity index (χ0) is 17.5. The van der Waals surface area contributed by atoms with E-state index in [0.717, 1.165) is 31.9 Å². The van der Waals surface area contributed by atoms with Crippen molar-refractivity contribution in [3.63, 3.8) is 0 Å². The summed E-state index contributed by atoms with van der Waals surface area (Å²) in [6.07, 6.45) is 8.10. The maximum absolute atomic E-state index is 4.54. The molecule has 1 aromatic heterocycles. The monoisotopic (exact) mass is 340 g/mol. The number of aromatic nitrogens is 2. The molecule has 136 valence electrons. The number of hydrogen-bond donors (Lipinski definition) is 1. The van der Waals surface area contributed by atoms with Gasteiger partial charge in [0.05, 0.1) is 0 Å². The quantitative estimate of drug-likeness (QED) is 0.793. The van der Waals surface area contributed by atoms with Crippen molar-refractivity contribution in [1.29, 1.82) is 0 Å². The molecule has 0 radical (unpaired) electrons. The average molecular weight is 341 g/mol. The topological polar surface area (TPSA) is 35.2 Å². The van der Waals surface area contributed by atoms with E-state index in [1.165, 1.54) is 43.5 Å². The second-order valence-electron chi connectivity index (χ2n) is 7.39. The Kier molecular flexibility index (Phi) is 6.65. The Bertz CT molecular complexity index is 622. The molecule has 4 heteroatoms. The molecule has 1 atom stereocenters. The van der Waals surface area contributed by atoms with Gasteiger partial charge in [-0.25, -0.2) is 4.98 Å². The van der Waals surface area contributed by atoms with Gasteiger partial charge in [-0.2, -0.15) is 0 Å². The molecule has 25 heavy (non-hydrogen) atoms. The maximum Gasteiger partial charge on any atom is 0.106 e. The lowest BCUT2D eigenvalue weighted by molar-refractivity contribution is 0.106. The molecule has 0 bridgehead atoms. The van der Waals surface area contributed by atoms with Crippen LogP contribution in [0.25, 0.3) is 0 Å². The van der Waals surface area contributed by atoms with E-state index in [9.17, 15) is 0 Å². The Morgan fingerprint density at radius 1 is 1.28 bits per heavy atom. The van der Waals surface area contributed by atoms with Gasteiger partial charge in [0.2, 0.25) is 0 Å². The number of likely N-dealkylation sites (tertiary alicyclic amines) is 1. The molecular formula is C21H32N4. The molecule has 2 aromatic rings. The highest BCUT2D eigenvalue weighted by Gasteiger charge is 2.23. The molecular weight excluding hydrogens is 308 g/mol. The Labute approximate surface area is 152 Å². The molecule has 1 aliphatic heterocycles. The summed E-state index contributed by atoms with van der Waals surface area (Å²) < 4.78 is 0. The summed E-state index contributed by atoms with van der Waals surface area (Å²) in [7, 11) is 2.26. The van der Waals surface area contributed by atoms with Crippen LogP contribution in [0.1, 0.15) is 49.7 Å². The summed E-state index contributed by atoms with van der Waals surface area (Å²) >= 11 is 0. The van der Waals surface area contributed by atoms with E-state index in [-0.39, 0.29) is 0 Å².